The van der Waals surface area contributed by atoms with Gasteiger partial charge in [-0.25, -0.2) is 0 Å². The SMILES string of the molecule is CC1=CCC(C)(OCCc2ccccc2)C=C1. The van der Waals surface area contributed by atoms with Crippen molar-refractivity contribution in [3.63, 3.8) is 0 Å². The summed E-state index contributed by atoms with van der Waals surface area (Å²) in [5.74, 6) is 0. The highest BCUT2D eigenvalue weighted by molar-refractivity contribution is 5.25. The molecule has 2 rings (SSSR count). The fourth-order valence-electron chi connectivity index (χ4n) is 1.96. The summed E-state index contributed by atoms with van der Waals surface area (Å²) in [6, 6.07) is 10.5. The molecule has 1 aromatic carbocycles. The van der Waals surface area contributed by atoms with E-state index in [1.54, 1.807) is 0 Å². The van der Waals surface area contributed by atoms with Gasteiger partial charge in [0, 0.05) is 0 Å². The standard InChI is InChI=1S/C16H20O/c1-14-8-11-16(2,12-9-14)17-13-10-15-6-4-3-5-7-15/h3-9,11H,10,12-13H2,1-2H3. The Labute approximate surface area is 104 Å². The van der Waals surface area contributed by atoms with Gasteiger partial charge >= 0.3 is 0 Å². The highest BCUT2D eigenvalue weighted by atomic mass is 16.5. The van der Waals surface area contributed by atoms with Gasteiger partial charge < -0.3 is 4.74 Å². The molecular formula is C16H20O. The van der Waals surface area contributed by atoms with Crippen molar-refractivity contribution in [1.29, 1.82) is 0 Å². The number of hydrogen-bond donors (Lipinski definition) is 0. The predicted octanol–water partition coefficient (Wildman–Crippen LogP) is 3.91. The van der Waals surface area contributed by atoms with Crippen LogP contribution in [0.5, 0.6) is 0 Å². The quantitative estimate of drug-likeness (QED) is 0.759. The van der Waals surface area contributed by atoms with Gasteiger partial charge in [-0.15, -0.1) is 0 Å². The van der Waals surface area contributed by atoms with Crippen LogP contribution in [0, 0.1) is 0 Å². The largest absolute Gasteiger partial charge is 0.371 e. The summed E-state index contributed by atoms with van der Waals surface area (Å²) in [4.78, 5) is 0. The monoisotopic (exact) mass is 228 g/mol. The van der Waals surface area contributed by atoms with E-state index in [4.69, 9.17) is 4.74 Å². The van der Waals surface area contributed by atoms with Crippen LogP contribution in [0.15, 0.2) is 54.1 Å². The van der Waals surface area contributed by atoms with Gasteiger partial charge in [-0.05, 0) is 32.3 Å². The van der Waals surface area contributed by atoms with Crippen LogP contribution in [0.1, 0.15) is 25.8 Å². The van der Waals surface area contributed by atoms with Gasteiger partial charge in [-0.3, -0.25) is 0 Å². The molecule has 0 spiro atoms. The molecule has 1 nitrogen and oxygen atoms in total. The van der Waals surface area contributed by atoms with Crippen molar-refractivity contribution in [3.05, 3.63) is 59.7 Å². The lowest BCUT2D eigenvalue weighted by molar-refractivity contribution is 0.00858. The summed E-state index contributed by atoms with van der Waals surface area (Å²) in [6.45, 7) is 5.05. The molecule has 17 heavy (non-hydrogen) atoms. The Morgan fingerprint density at radius 3 is 2.65 bits per heavy atom. The highest BCUT2D eigenvalue weighted by Crippen LogP contribution is 2.24. The van der Waals surface area contributed by atoms with Gasteiger partial charge in [-0.2, -0.15) is 0 Å². The Balaban J connectivity index is 1.81. The summed E-state index contributed by atoms with van der Waals surface area (Å²) in [5, 5.41) is 0. The maximum atomic E-state index is 5.99. The second-order valence-electron chi connectivity index (χ2n) is 4.88. The molecule has 1 unspecified atom stereocenters. The van der Waals surface area contributed by atoms with E-state index >= 15 is 0 Å². The zero-order chi connectivity index (χ0) is 12.1. The maximum Gasteiger partial charge on any atom is 0.0872 e. The van der Waals surface area contributed by atoms with Crippen LogP contribution in [0.25, 0.3) is 0 Å². The van der Waals surface area contributed by atoms with Crippen LogP contribution in [0.3, 0.4) is 0 Å². The molecule has 0 aliphatic heterocycles. The lowest BCUT2D eigenvalue weighted by Crippen LogP contribution is -2.28. The van der Waals surface area contributed by atoms with Crippen molar-refractivity contribution >= 4 is 0 Å². The van der Waals surface area contributed by atoms with Crippen molar-refractivity contribution in [2.24, 2.45) is 0 Å². The summed E-state index contributed by atoms with van der Waals surface area (Å²) < 4.78 is 5.99. The fourth-order valence-corrected chi connectivity index (χ4v) is 1.96. The normalized spacial score (nSPS) is 23.5. The second-order valence-corrected chi connectivity index (χ2v) is 4.88. The van der Waals surface area contributed by atoms with Gasteiger partial charge in [-0.1, -0.05) is 54.1 Å². The molecule has 1 aromatic rings. The fraction of sp³-hybridized carbons (Fsp3) is 0.375. The van der Waals surface area contributed by atoms with Crippen LogP contribution in [-0.4, -0.2) is 12.2 Å². The molecule has 1 atom stereocenters. The first-order valence-electron chi connectivity index (χ1n) is 6.22. The Morgan fingerprint density at radius 2 is 2.00 bits per heavy atom. The molecule has 0 amide bonds. The number of allylic oxidation sites excluding steroid dienone is 2. The average Bonchev–Trinajstić information content (AvgIpc) is 2.35. The van der Waals surface area contributed by atoms with E-state index < -0.39 is 0 Å². The molecule has 0 fully saturated rings. The number of benzene rings is 1. The maximum absolute atomic E-state index is 5.99. The first-order chi connectivity index (χ1) is 8.18. The van der Waals surface area contributed by atoms with Crippen LogP contribution in [0.4, 0.5) is 0 Å². The second kappa shape index (κ2) is 5.33. The molecule has 0 bridgehead atoms. The van der Waals surface area contributed by atoms with Gasteiger partial charge in [0.2, 0.25) is 0 Å². The summed E-state index contributed by atoms with van der Waals surface area (Å²) in [6.07, 6.45) is 8.51. The average molecular weight is 228 g/mol. The molecule has 0 heterocycles. The van der Waals surface area contributed by atoms with Gasteiger partial charge in [0.15, 0.2) is 0 Å². The summed E-state index contributed by atoms with van der Waals surface area (Å²) in [5.41, 5.74) is 2.55. The molecule has 0 saturated heterocycles. The third kappa shape index (κ3) is 3.57. The van der Waals surface area contributed by atoms with Gasteiger partial charge in [0.1, 0.15) is 0 Å². The minimum atomic E-state index is -0.117. The first kappa shape index (κ1) is 12.1. The molecule has 90 valence electrons. The molecule has 0 aromatic heterocycles. The van der Waals surface area contributed by atoms with Crippen molar-refractivity contribution in [3.8, 4) is 0 Å². The molecule has 1 aliphatic carbocycles. The molecule has 1 aliphatic rings. The molecular weight excluding hydrogens is 208 g/mol. The van der Waals surface area contributed by atoms with Crippen LogP contribution in [-0.2, 0) is 11.2 Å². The lowest BCUT2D eigenvalue weighted by atomic mass is 9.94. The molecule has 0 saturated carbocycles. The zero-order valence-electron chi connectivity index (χ0n) is 10.6. The Bertz CT molecular complexity index is 416. The molecule has 0 radical (unpaired) electrons. The summed E-state index contributed by atoms with van der Waals surface area (Å²) >= 11 is 0. The smallest absolute Gasteiger partial charge is 0.0872 e. The number of rotatable bonds is 4. The van der Waals surface area contributed by atoms with Crippen molar-refractivity contribution < 1.29 is 4.74 Å². The van der Waals surface area contributed by atoms with E-state index in [9.17, 15) is 0 Å². The Hall–Kier alpha value is -1.34. The van der Waals surface area contributed by atoms with E-state index in [0.29, 0.717) is 0 Å². The first-order valence-corrected chi connectivity index (χ1v) is 6.22. The van der Waals surface area contributed by atoms with Gasteiger partial charge in [0.05, 0.1) is 12.2 Å². The van der Waals surface area contributed by atoms with E-state index in [1.807, 2.05) is 6.07 Å². The Morgan fingerprint density at radius 1 is 1.24 bits per heavy atom. The molecule has 1 heteroatoms. The third-order valence-corrected chi connectivity index (χ3v) is 3.19. The van der Waals surface area contributed by atoms with E-state index in [-0.39, 0.29) is 5.60 Å². The van der Waals surface area contributed by atoms with Gasteiger partial charge in [0.25, 0.3) is 0 Å². The highest BCUT2D eigenvalue weighted by Gasteiger charge is 2.22. The number of ether oxygens (including phenoxy) is 1. The predicted molar refractivity (Wildman–Crippen MR) is 72.0 cm³/mol. The van der Waals surface area contributed by atoms with Crippen molar-refractivity contribution in [1.82, 2.24) is 0 Å². The van der Waals surface area contributed by atoms with E-state index in [0.717, 1.165) is 19.4 Å². The topological polar surface area (TPSA) is 9.23 Å². The van der Waals surface area contributed by atoms with E-state index in [1.165, 1.54) is 11.1 Å². The van der Waals surface area contributed by atoms with Crippen LogP contribution in [0.2, 0.25) is 0 Å². The zero-order valence-corrected chi connectivity index (χ0v) is 10.6. The minimum absolute atomic E-state index is 0.117. The summed E-state index contributed by atoms with van der Waals surface area (Å²) in [7, 11) is 0. The van der Waals surface area contributed by atoms with Crippen molar-refractivity contribution in [2.45, 2.75) is 32.3 Å². The Kier molecular flexibility index (Phi) is 3.80. The minimum Gasteiger partial charge on any atom is -0.371 e. The molecule has 0 N–H and O–H groups in total. The number of hydrogen-bond acceptors (Lipinski definition) is 1. The lowest BCUT2D eigenvalue weighted by Gasteiger charge is -2.28. The third-order valence-electron chi connectivity index (χ3n) is 3.19. The van der Waals surface area contributed by atoms with E-state index in [2.05, 4.69) is 56.3 Å². The van der Waals surface area contributed by atoms with Crippen molar-refractivity contribution in [2.75, 3.05) is 6.61 Å². The van der Waals surface area contributed by atoms with Crippen LogP contribution >= 0.6 is 0 Å². The van der Waals surface area contributed by atoms with Crippen LogP contribution < -0.4 is 0 Å².